The van der Waals surface area contributed by atoms with Crippen molar-refractivity contribution in [1.29, 1.82) is 0 Å². The molecule has 0 spiro atoms. The summed E-state index contributed by atoms with van der Waals surface area (Å²) in [7, 11) is 0. The lowest BCUT2D eigenvalue weighted by Gasteiger charge is -2.04. The zero-order chi connectivity index (χ0) is 16.8. The molecule has 128 valence electrons. The summed E-state index contributed by atoms with van der Waals surface area (Å²) in [4.78, 5) is 11.5. The van der Waals surface area contributed by atoms with Crippen molar-refractivity contribution in [2.45, 2.75) is 77.6 Å². The second-order valence-corrected chi connectivity index (χ2v) is 6.24. The molecule has 3 nitrogen and oxygen atoms in total. The molecular weight excluding hydrogens is 286 g/mol. The van der Waals surface area contributed by atoms with E-state index in [1.807, 2.05) is 12.1 Å². The topological polar surface area (TPSA) is 49.7 Å². The van der Waals surface area contributed by atoms with E-state index >= 15 is 0 Å². The van der Waals surface area contributed by atoms with Crippen molar-refractivity contribution in [3.05, 3.63) is 35.4 Å². The van der Waals surface area contributed by atoms with E-state index in [2.05, 4.69) is 12.1 Å². The second kappa shape index (κ2) is 12.9. The minimum Gasteiger partial charge on any atom is -0.411 e. The van der Waals surface area contributed by atoms with Gasteiger partial charge in [0.2, 0.25) is 5.78 Å². The molecule has 0 bridgehead atoms. The summed E-state index contributed by atoms with van der Waals surface area (Å²) in [6, 6.07) is 7.59. The number of benzene rings is 1. The van der Waals surface area contributed by atoms with E-state index in [0.29, 0.717) is 5.56 Å². The largest absolute Gasteiger partial charge is 0.411 e. The number of unbranched alkanes of at least 4 members (excludes halogenated alkanes) is 9. The lowest BCUT2D eigenvalue weighted by molar-refractivity contribution is 0.106. The van der Waals surface area contributed by atoms with Crippen molar-refractivity contribution in [1.82, 2.24) is 0 Å². The number of ketones is 1. The van der Waals surface area contributed by atoms with E-state index < -0.39 is 0 Å². The molecule has 0 fully saturated rings. The predicted octanol–water partition coefficient (Wildman–Crippen LogP) is 5.79. The van der Waals surface area contributed by atoms with Crippen LogP contribution in [0.4, 0.5) is 0 Å². The summed E-state index contributed by atoms with van der Waals surface area (Å²) in [6.45, 7) is 2.26. The molecule has 3 heteroatoms. The van der Waals surface area contributed by atoms with Crippen LogP contribution in [0.1, 0.15) is 87.1 Å². The Morgan fingerprint density at radius 3 is 1.96 bits per heavy atom. The zero-order valence-electron chi connectivity index (χ0n) is 14.5. The Balaban J connectivity index is 2.06. The Morgan fingerprint density at radius 1 is 0.913 bits per heavy atom. The van der Waals surface area contributed by atoms with Crippen molar-refractivity contribution < 1.29 is 10.0 Å². The molecule has 0 radical (unpaired) electrons. The Kier molecular flexibility index (Phi) is 10.9. The summed E-state index contributed by atoms with van der Waals surface area (Å²) in [5.74, 6) is -0.266. The molecule has 1 aromatic rings. The fourth-order valence-corrected chi connectivity index (χ4v) is 2.78. The van der Waals surface area contributed by atoms with Crippen LogP contribution < -0.4 is 0 Å². The van der Waals surface area contributed by atoms with Crippen LogP contribution in [0, 0.1) is 0 Å². The molecule has 1 rings (SSSR count). The molecular formula is C20H31NO2. The summed E-state index contributed by atoms with van der Waals surface area (Å²) in [5.41, 5.74) is 1.83. The van der Waals surface area contributed by atoms with E-state index in [1.165, 1.54) is 69.8 Å². The molecule has 0 heterocycles. The lowest BCUT2D eigenvalue weighted by atomic mass is 10.0. The molecule has 0 aliphatic carbocycles. The summed E-state index contributed by atoms with van der Waals surface area (Å²) < 4.78 is 0. The average Bonchev–Trinajstić information content (AvgIpc) is 2.57. The molecule has 0 atom stereocenters. The third-order valence-corrected chi connectivity index (χ3v) is 4.23. The summed E-state index contributed by atoms with van der Waals surface area (Å²) >= 11 is 0. The first-order valence-corrected chi connectivity index (χ1v) is 9.08. The van der Waals surface area contributed by atoms with Gasteiger partial charge in [0.25, 0.3) is 0 Å². The number of hydrogen-bond acceptors (Lipinski definition) is 3. The molecule has 1 aromatic carbocycles. The maximum atomic E-state index is 11.5. The van der Waals surface area contributed by atoms with Crippen LogP contribution in [0.5, 0.6) is 0 Å². The Morgan fingerprint density at radius 2 is 1.43 bits per heavy atom. The van der Waals surface area contributed by atoms with Crippen LogP contribution in [0.15, 0.2) is 29.4 Å². The number of oxime groups is 1. The third-order valence-electron chi connectivity index (χ3n) is 4.23. The number of nitrogens with zero attached hydrogens (tertiary/aromatic N) is 1. The Hall–Kier alpha value is -1.64. The SMILES string of the molecule is CCCCCCCCCCCCc1ccc(C(=O)/C=N/O)cc1. The monoisotopic (exact) mass is 317 g/mol. The van der Waals surface area contributed by atoms with E-state index in [1.54, 1.807) is 12.1 Å². The van der Waals surface area contributed by atoms with Crippen LogP contribution in [-0.2, 0) is 6.42 Å². The van der Waals surface area contributed by atoms with E-state index in [0.717, 1.165) is 12.6 Å². The minimum absolute atomic E-state index is 0.266. The number of Topliss-reactive ketones (excluding diaryl/α,β-unsaturated/α-hetero) is 1. The number of carbonyl (C=O) groups is 1. The first-order chi connectivity index (χ1) is 11.3. The molecule has 0 aliphatic heterocycles. The van der Waals surface area contributed by atoms with Gasteiger partial charge in [-0.2, -0.15) is 0 Å². The van der Waals surface area contributed by atoms with Crippen LogP contribution in [0.2, 0.25) is 0 Å². The number of rotatable bonds is 13. The van der Waals surface area contributed by atoms with Gasteiger partial charge in [0.05, 0.1) is 0 Å². The molecule has 0 unspecified atom stereocenters. The van der Waals surface area contributed by atoms with Crippen molar-refractivity contribution in [3.8, 4) is 0 Å². The van der Waals surface area contributed by atoms with Crippen molar-refractivity contribution in [2.75, 3.05) is 0 Å². The zero-order valence-corrected chi connectivity index (χ0v) is 14.5. The number of aryl methyl sites for hydroxylation is 1. The lowest BCUT2D eigenvalue weighted by Crippen LogP contribution is -2.00. The van der Waals surface area contributed by atoms with Gasteiger partial charge < -0.3 is 5.21 Å². The molecule has 0 aromatic heterocycles. The van der Waals surface area contributed by atoms with Crippen molar-refractivity contribution in [2.24, 2.45) is 5.16 Å². The van der Waals surface area contributed by atoms with Gasteiger partial charge in [0, 0.05) is 5.56 Å². The highest BCUT2D eigenvalue weighted by molar-refractivity contribution is 6.35. The van der Waals surface area contributed by atoms with Crippen LogP contribution in [-0.4, -0.2) is 17.2 Å². The van der Waals surface area contributed by atoms with Crippen LogP contribution in [0.3, 0.4) is 0 Å². The summed E-state index contributed by atoms with van der Waals surface area (Å²) in [6.07, 6.45) is 15.5. The highest BCUT2D eigenvalue weighted by atomic mass is 16.4. The molecule has 0 saturated carbocycles. The van der Waals surface area contributed by atoms with Gasteiger partial charge in [-0.25, -0.2) is 0 Å². The fraction of sp³-hybridized carbons (Fsp3) is 0.600. The summed E-state index contributed by atoms with van der Waals surface area (Å²) in [5, 5.41) is 11.1. The van der Waals surface area contributed by atoms with E-state index in [-0.39, 0.29) is 5.78 Å². The third kappa shape index (κ3) is 9.17. The molecule has 1 N–H and O–H groups in total. The number of hydrogen-bond donors (Lipinski definition) is 1. The van der Waals surface area contributed by atoms with Gasteiger partial charge in [-0.05, 0) is 18.4 Å². The first-order valence-electron chi connectivity index (χ1n) is 9.08. The fourth-order valence-electron chi connectivity index (χ4n) is 2.78. The molecule has 0 aliphatic rings. The van der Waals surface area contributed by atoms with Gasteiger partial charge in [-0.15, -0.1) is 0 Å². The van der Waals surface area contributed by atoms with Gasteiger partial charge in [0.1, 0.15) is 6.21 Å². The van der Waals surface area contributed by atoms with Gasteiger partial charge in [-0.3, -0.25) is 4.79 Å². The van der Waals surface area contributed by atoms with E-state index in [9.17, 15) is 4.79 Å². The van der Waals surface area contributed by atoms with Crippen molar-refractivity contribution >= 4 is 12.0 Å². The molecule has 0 amide bonds. The number of carbonyl (C=O) groups excluding carboxylic acids is 1. The highest BCUT2D eigenvalue weighted by Gasteiger charge is 2.02. The van der Waals surface area contributed by atoms with Gasteiger partial charge >= 0.3 is 0 Å². The first kappa shape index (κ1) is 19.4. The molecule has 0 saturated heterocycles. The highest BCUT2D eigenvalue weighted by Crippen LogP contribution is 2.13. The quantitative estimate of drug-likeness (QED) is 0.164. The maximum absolute atomic E-state index is 11.5. The average molecular weight is 317 g/mol. The van der Waals surface area contributed by atoms with Gasteiger partial charge in [-0.1, -0.05) is 94.1 Å². The van der Waals surface area contributed by atoms with Crippen LogP contribution in [0.25, 0.3) is 0 Å². The maximum Gasteiger partial charge on any atom is 0.207 e. The smallest absolute Gasteiger partial charge is 0.207 e. The molecule has 23 heavy (non-hydrogen) atoms. The van der Waals surface area contributed by atoms with Crippen LogP contribution >= 0.6 is 0 Å². The minimum atomic E-state index is -0.266. The standard InChI is InChI=1S/C20H31NO2/c1-2-3-4-5-6-7-8-9-10-11-12-18-13-15-19(16-14-18)20(22)17-21-23/h13-17,23H,2-12H2,1H3/b21-17+. The Labute approximate surface area is 140 Å². The predicted molar refractivity (Wildman–Crippen MR) is 96.6 cm³/mol. The second-order valence-electron chi connectivity index (χ2n) is 6.24. The van der Waals surface area contributed by atoms with Gasteiger partial charge in [0.15, 0.2) is 0 Å². The van der Waals surface area contributed by atoms with Crippen molar-refractivity contribution in [3.63, 3.8) is 0 Å². The Bertz CT molecular complexity index is 451. The van der Waals surface area contributed by atoms with E-state index in [4.69, 9.17) is 5.21 Å². The normalized spacial score (nSPS) is 11.2.